The van der Waals surface area contributed by atoms with E-state index in [0.717, 1.165) is 0 Å². The summed E-state index contributed by atoms with van der Waals surface area (Å²) in [5.74, 6) is 0. The molecule has 2 fully saturated rings. The Balaban J connectivity index is 2.11. The van der Waals surface area contributed by atoms with Gasteiger partial charge < -0.3 is 54.3 Å². The predicted octanol–water partition coefficient (Wildman–Crippen LogP) is -1.36. The first kappa shape index (κ1) is 27.8. The second-order valence-electron chi connectivity index (χ2n) is 8.41. The molecule has 0 aliphatic carbocycles. The topological polar surface area (TPSA) is 168 Å². The standard InChI is InChI=1S/C21H40O11/c1-5-10(4)28-20-16(26)15(25)19(13(9-23)30-20)32-21-17(27)14(24)18(12(8-22)31-21)29-11(6-2)7-3/h10-27H,5-9H2,1-4H3/t10-,12?,13?,14?,15?,16?,17?,18?,19?,20?,21?/m0/s1. The van der Waals surface area contributed by atoms with Crippen molar-refractivity contribution in [2.45, 2.75) is 121 Å². The largest absolute Gasteiger partial charge is 0.394 e. The van der Waals surface area contributed by atoms with Crippen LogP contribution >= 0.6 is 0 Å². The molecule has 0 radical (unpaired) electrons. The van der Waals surface area contributed by atoms with Crippen molar-refractivity contribution in [1.82, 2.24) is 0 Å². The zero-order valence-electron chi connectivity index (χ0n) is 19.2. The third-order valence-electron chi connectivity index (χ3n) is 6.13. The zero-order valence-corrected chi connectivity index (χ0v) is 19.2. The molecule has 2 rings (SSSR count). The van der Waals surface area contributed by atoms with Crippen molar-refractivity contribution in [3.8, 4) is 0 Å². The van der Waals surface area contributed by atoms with Crippen LogP contribution in [0.5, 0.6) is 0 Å². The number of aliphatic hydroxyl groups excluding tert-OH is 6. The van der Waals surface area contributed by atoms with Gasteiger partial charge in [-0.2, -0.15) is 0 Å². The first-order chi connectivity index (χ1) is 15.2. The second-order valence-corrected chi connectivity index (χ2v) is 8.41. The van der Waals surface area contributed by atoms with Gasteiger partial charge in [0.25, 0.3) is 0 Å². The van der Waals surface area contributed by atoms with Crippen molar-refractivity contribution in [3.63, 3.8) is 0 Å². The highest BCUT2D eigenvalue weighted by molar-refractivity contribution is 4.95. The summed E-state index contributed by atoms with van der Waals surface area (Å²) in [6.07, 6.45) is -11.5. The molecule has 190 valence electrons. The SMILES string of the molecule is CCC(CC)OC1C(CO)OC(OC2C(CO)OC(O[C@@H](C)CC)C(O)C2O)C(O)C1O. The highest BCUT2D eigenvalue weighted by Crippen LogP contribution is 2.31. The minimum atomic E-state index is -1.57. The summed E-state index contributed by atoms with van der Waals surface area (Å²) >= 11 is 0. The maximum Gasteiger partial charge on any atom is 0.187 e. The molecular formula is C21H40O11. The number of hydrogen-bond donors (Lipinski definition) is 6. The van der Waals surface area contributed by atoms with E-state index in [0.29, 0.717) is 19.3 Å². The van der Waals surface area contributed by atoms with Crippen LogP contribution in [0.1, 0.15) is 47.0 Å². The van der Waals surface area contributed by atoms with Crippen LogP contribution in [0.4, 0.5) is 0 Å². The average Bonchev–Trinajstić information content (AvgIpc) is 2.80. The van der Waals surface area contributed by atoms with Crippen molar-refractivity contribution >= 4 is 0 Å². The molecule has 0 aromatic heterocycles. The van der Waals surface area contributed by atoms with Crippen LogP contribution in [-0.4, -0.2) is 117 Å². The molecule has 6 N–H and O–H groups in total. The number of hydrogen-bond acceptors (Lipinski definition) is 11. The van der Waals surface area contributed by atoms with Gasteiger partial charge in [0, 0.05) is 0 Å². The Labute approximate surface area is 188 Å². The maximum absolute atomic E-state index is 10.6. The molecular weight excluding hydrogens is 428 g/mol. The molecule has 0 aromatic rings. The number of aliphatic hydroxyl groups is 6. The summed E-state index contributed by atoms with van der Waals surface area (Å²) in [5, 5.41) is 61.8. The Bertz CT molecular complexity index is 530. The molecule has 11 atom stereocenters. The Hall–Kier alpha value is -0.440. The summed E-state index contributed by atoms with van der Waals surface area (Å²) in [6, 6.07) is 0. The van der Waals surface area contributed by atoms with E-state index >= 15 is 0 Å². The van der Waals surface area contributed by atoms with Crippen molar-refractivity contribution in [2.75, 3.05) is 13.2 Å². The third-order valence-corrected chi connectivity index (χ3v) is 6.13. The van der Waals surface area contributed by atoms with Gasteiger partial charge in [-0.05, 0) is 26.2 Å². The molecule has 11 nitrogen and oxygen atoms in total. The molecule has 10 unspecified atom stereocenters. The lowest BCUT2D eigenvalue weighted by Gasteiger charge is -2.47. The fraction of sp³-hybridized carbons (Fsp3) is 1.00. The van der Waals surface area contributed by atoms with Crippen LogP contribution in [0.2, 0.25) is 0 Å². The third kappa shape index (κ3) is 6.36. The van der Waals surface area contributed by atoms with Crippen molar-refractivity contribution in [1.29, 1.82) is 0 Å². The van der Waals surface area contributed by atoms with Gasteiger partial charge in [-0.1, -0.05) is 20.8 Å². The highest BCUT2D eigenvalue weighted by atomic mass is 16.7. The van der Waals surface area contributed by atoms with Crippen LogP contribution in [-0.2, 0) is 23.7 Å². The molecule has 11 heteroatoms. The summed E-state index contributed by atoms with van der Waals surface area (Å²) in [6.45, 7) is 6.44. The van der Waals surface area contributed by atoms with Gasteiger partial charge in [0.2, 0.25) is 0 Å². The lowest BCUT2D eigenvalue weighted by molar-refractivity contribution is -0.365. The van der Waals surface area contributed by atoms with E-state index in [1.807, 2.05) is 20.8 Å². The first-order valence-electron chi connectivity index (χ1n) is 11.4. The average molecular weight is 469 g/mol. The molecule has 2 aliphatic rings. The normalized spacial score (nSPS) is 41.7. The number of rotatable bonds is 11. The Kier molecular flexibility index (Phi) is 11.2. The number of ether oxygens (including phenoxy) is 5. The van der Waals surface area contributed by atoms with Crippen molar-refractivity contribution in [3.05, 3.63) is 0 Å². The van der Waals surface area contributed by atoms with Gasteiger partial charge >= 0.3 is 0 Å². The van der Waals surface area contributed by atoms with Crippen LogP contribution in [0.25, 0.3) is 0 Å². The predicted molar refractivity (Wildman–Crippen MR) is 110 cm³/mol. The van der Waals surface area contributed by atoms with Crippen LogP contribution < -0.4 is 0 Å². The van der Waals surface area contributed by atoms with E-state index < -0.39 is 74.6 Å². The van der Waals surface area contributed by atoms with Crippen molar-refractivity contribution < 1.29 is 54.3 Å². The molecule has 2 heterocycles. The molecule has 32 heavy (non-hydrogen) atoms. The quantitative estimate of drug-likeness (QED) is 0.212. The Morgan fingerprint density at radius 1 is 0.688 bits per heavy atom. The van der Waals surface area contributed by atoms with Gasteiger partial charge in [-0.3, -0.25) is 0 Å². The van der Waals surface area contributed by atoms with E-state index in [4.69, 9.17) is 23.7 Å². The fourth-order valence-electron chi connectivity index (χ4n) is 3.85. The smallest absolute Gasteiger partial charge is 0.187 e. The molecule has 2 aliphatic heterocycles. The minimum absolute atomic E-state index is 0.193. The Morgan fingerprint density at radius 2 is 1.19 bits per heavy atom. The lowest BCUT2D eigenvalue weighted by atomic mass is 9.96. The van der Waals surface area contributed by atoms with E-state index in [-0.39, 0.29) is 12.2 Å². The van der Waals surface area contributed by atoms with Gasteiger partial charge in [0.05, 0.1) is 25.4 Å². The monoisotopic (exact) mass is 468 g/mol. The van der Waals surface area contributed by atoms with E-state index in [2.05, 4.69) is 0 Å². The fourth-order valence-corrected chi connectivity index (χ4v) is 3.85. The molecule has 0 spiro atoms. The minimum Gasteiger partial charge on any atom is -0.394 e. The second kappa shape index (κ2) is 12.9. The van der Waals surface area contributed by atoms with Crippen LogP contribution in [0, 0.1) is 0 Å². The molecule has 0 amide bonds. The molecule has 0 aromatic carbocycles. The Morgan fingerprint density at radius 3 is 1.72 bits per heavy atom. The summed E-state index contributed by atoms with van der Waals surface area (Å²) < 4.78 is 28.3. The lowest BCUT2D eigenvalue weighted by Crippen LogP contribution is -2.65. The maximum atomic E-state index is 10.6. The van der Waals surface area contributed by atoms with Gasteiger partial charge in [-0.25, -0.2) is 0 Å². The molecule has 0 bridgehead atoms. The summed E-state index contributed by atoms with van der Waals surface area (Å²) in [7, 11) is 0. The van der Waals surface area contributed by atoms with Crippen molar-refractivity contribution in [2.24, 2.45) is 0 Å². The highest BCUT2D eigenvalue weighted by Gasteiger charge is 2.51. The molecule has 0 saturated carbocycles. The molecule has 2 saturated heterocycles. The van der Waals surface area contributed by atoms with E-state index in [1.54, 1.807) is 6.92 Å². The first-order valence-corrected chi connectivity index (χ1v) is 11.4. The van der Waals surface area contributed by atoms with E-state index in [1.165, 1.54) is 0 Å². The summed E-state index contributed by atoms with van der Waals surface area (Å²) in [4.78, 5) is 0. The van der Waals surface area contributed by atoms with E-state index in [9.17, 15) is 30.6 Å². The van der Waals surface area contributed by atoms with Crippen LogP contribution in [0.15, 0.2) is 0 Å². The summed E-state index contributed by atoms with van der Waals surface area (Å²) in [5.41, 5.74) is 0. The zero-order chi connectivity index (χ0) is 24.0. The van der Waals surface area contributed by atoms with Gasteiger partial charge in [0.15, 0.2) is 12.6 Å². The van der Waals surface area contributed by atoms with Gasteiger partial charge in [0.1, 0.15) is 48.8 Å². The van der Waals surface area contributed by atoms with Gasteiger partial charge in [-0.15, -0.1) is 0 Å². The van der Waals surface area contributed by atoms with Crippen LogP contribution in [0.3, 0.4) is 0 Å².